The maximum absolute atomic E-state index is 13.6. The third kappa shape index (κ3) is 3.28. The summed E-state index contributed by atoms with van der Waals surface area (Å²) >= 11 is 0. The number of rotatable bonds is 2. The largest absolute Gasteiger partial charge is 0.466 e. The maximum atomic E-state index is 13.6. The number of ether oxygens (including phenoxy) is 1. The SMILES string of the molecule is CCOC(=O)[C@]12CCC(C)(C)C[C@H]1C1=CC[C@@H]3[C@@]4(C)CC[C@H](O)C(C)(C)[C@H]4CC[C@@]3(C)[C@]1(C)CC2. The van der Waals surface area contributed by atoms with E-state index in [2.05, 4.69) is 54.5 Å². The van der Waals surface area contributed by atoms with Gasteiger partial charge in [-0.3, -0.25) is 4.79 Å². The van der Waals surface area contributed by atoms with Gasteiger partial charge in [0.25, 0.3) is 0 Å². The van der Waals surface area contributed by atoms with Crippen LogP contribution in [0.25, 0.3) is 0 Å². The molecule has 4 fully saturated rings. The molecule has 0 heterocycles. The number of allylic oxidation sites excluding steroid dienone is 2. The van der Waals surface area contributed by atoms with Crippen molar-refractivity contribution in [2.45, 2.75) is 126 Å². The van der Waals surface area contributed by atoms with E-state index in [9.17, 15) is 9.90 Å². The third-order valence-corrected chi connectivity index (χ3v) is 13.3. The van der Waals surface area contributed by atoms with Crippen LogP contribution in [0.5, 0.6) is 0 Å². The molecule has 0 aromatic carbocycles. The van der Waals surface area contributed by atoms with Gasteiger partial charge in [0.2, 0.25) is 0 Å². The number of hydrogen-bond donors (Lipinski definition) is 1. The van der Waals surface area contributed by atoms with Gasteiger partial charge in [-0.1, -0.05) is 60.1 Å². The molecular formula is C32H52O3. The molecule has 0 spiro atoms. The van der Waals surface area contributed by atoms with E-state index in [1.807, 2.05) is 6.92 Å². The first-order chi connectivity index (χ1) is 16.2. The van der Waals surface area contributed by atoms with Crippen molar-refractivity contribution in [2.75, 3.05) is 6.61 Å². The average Bonchev–Trinajstić information content (AvgIpc) is 2.77. The predicted octanol–water partition coefficient (Wildman–Crippen LogP) is 7.71. The average molecular weight is 485 g/mol. The van der Waals surface area contributed by atoms with Crippen molar-refractivity contribution in [1.82, 2.24) is 0 Å². The van der Waals surface area contributed by atoms with Crippen LogP contribution >= 0.6 is 0 Å². The lowest BCUT2D eigenvalue weighted by atomic mass is 9.33. The van der Waals surface area contributed by atoms with Gasteiger partial charge in [-0.2, -0.15) is 0 Å². The van der Waals surface area contributed by atoms with E-state index in [-0.39, 0.29) is 44.6 Å². The number of hydrogen-bond acceptors (Lipinski definition) is 3. The van der Waals surface area contributed by atoms with Crippen LogP contribution in [0.15, 0.2) is 11.6 Å². The fraction of sp³-hybridized carbons (Fsp3) is 0.906. The maximum Gasteiger partial charge on any atom is 0.312 e. The van der Waals surface area contributed by atoms with Crippen LogP contribution in [0.1, 0.15) is 120 Å². The molecule has 0 aromatic rings. The molecule has 8 atom stereocenters. The highest BCUT2D eigenvalue weighted by Crippen LogP contribution is 2.75. The highest BCUT2D eigenvalue weighted by molar-refractivity contribution is 5.78. The summed E-state index contributed by atoms with van der Waals surface area (Å²) in [6.07, 6.45) is 13.4. The van der Waals surface area contributed by atoms with Gasteiger partial charge in [-0.05, 0) is 116 Å². The van der Waals surface area contributed by atoms with Crippen LogP contribution in [0, 0.1) is 50.2 Å². The second-order valence-corrected chi connectivity index (χ2v) is 15.5. The quantitative estimate of drug-likeness (QED) is 0.322. The first kappa shape index (κ1) is 25.8. The molecule has 0 bridgehead atoms. The molecule has 5 aliphatic rings. The summed E-state index contributed by atoms with van der Waals surface area (Å²) in [6, 6.07) is 0. The zero-order valence-electron chi connectivity index (χ0n) is 23.9. The van der Waals surface area contributed by atoms with Gasteiger partial charge in [0.1, 0.15) is 0 Å². The fourth-order valence-electron chi connectivity index (χ4n) is 10.9. The van der Waals surface area contributed by atoms with Crippen LogP contribution in [0.3, 0.4) is 0 Å². The molecule has 0 amide bonds. The van der Waals surface area contributed by atoms with Crippen molar-refractivity contribution in [3.8, 4) is 0 Å². The lowest BCUT2D eigenvalue weighted by molar-refractivity contribution is -0.206. The van der Waals surface area contributed by atoms with Crippen LogP contribution in [0.2, 0.25) is 0 Å². The zero-order valence-corrected chi connectivity index (χ0v) is 23.9. The van der Waals surface area contributed by atoms with Gasteiger partial charge >= 0.3 is 5.97 Å². The minimum Gasteiger partial charge on any atom is -0.466 e. The molecule has 3 nitrogen and oxygen atoms in total. The first-order valence-electron chi connectivity index (χ1n) is 14.7. The van der Waals surface area contributed by atoms with Crippen LogP contribution in [-0.2, 0) is 9.53 Å². The topological polar surface area (TPSA) is 46.5 Å². The summed E-state index contributed by atoms with van der Waals surface area (Å²) < 4.78 is 5.78. The predicted molar refractivity (Wildman–Crippen MR) is 142 cm³/mol. The Morgan fingerprint density at radius 1 is 0.943 bits per heavy atom. The van der Waals surface area contributed by atoms with Gasteiger partial charge in [-0.15, -0.1) is 0 Å². The molecule has 0 saturated heterocycles. The second kappa shape index (κ2) is 7.84. The van der Waals surface area contributed by atoms with Gasteiger partial charge in [0, 0.05) is 0 Å². The van der Waals surface area contributed by atoms with Gasteiger partial charge in [-0.25, -0.2) is 0 Å². The van der Waals surface area contributed by atoms with E-state index in [1.54, 1.807) is 5.57 Å². The summed E-state index contributed by atoms with van der Waals surface area (Å²) in [6.45, 7) is 19.7. The number of fused-ring (bicyclic) bond motifs is 7. The number of aliphatic hydroxyl groups excluding tert-OH is 1. The van der Waals surface area contributed by atoms with Gasteiger partial charge in [0.05, 0.1) is 18.1 Å². The standard InChI is InChI=1S/C32H52O3/c1-9-35-26(34)32-18-16-27(2,3)20-22(32)21-10-11-24-29(6)14-13-25(33)28(4,5)23(29)12-15-31(24,8)30(21,7)17-19-32/h10,22-25,33H,9,11-20H2,1-8H3/t22-,23+,24+,25-,29-,30+,31+,32-/m0/s1. The molecule has 0 aliphatic heterocycles. The van der Waals surface area contributed by atoms with Crippen molar-refractivity contribution in [3.63, 3.8) is 0 Å². The van der Waals surface area contributed by atoms with Crippen LogP contribution in [0.4, 0.5) is 0 Å². The van der Waals surface area contributed by atoms with Crippen LogP contribution < -0.4 is 0 Å². The van der Waals surface area contributed by atoms with Gasteiger partial charge < -0.3 is 9.84 Å². The molecule has 0 unspecified atom stereocenters. The highest BCUT2D eigenvalue weighted by atomic mass is 16.5. The van der Waals surface area contributed by atoms with E-state index >= 15 is 0 Å². The molecule has 0 radical (unpaired) electrons. The minimum atomic E-state index is -0.321. The van der Waals surface area contributed by atoms with Crippen molar-refractivity contribution in [2.24, 2.45) is 50.2 Å². The summed E-state index contributed by atoms with van der Waals surface area (Å²) in [7, 11) is 0. The number of aliphatic hydroxyl groups is 1. The Labute approximate surface area is 214 Å². The number of esters is 1. The second-order valence-electron chi connectivity index (χ2n) is 15.5. The molecule has 0 aromatic heterocycles. The van der Waals surface area contributed by atoms with Gasteiger partial charge in [0.15, 0.2) is 0 Å². The van der Waals surface area contributed by atoms with Crippen molar-refractivity contribution < 1.29 is 14.6 Å². The van der Waals surface area contributed by atoms with E-state index in [1.165, 1.54) is 12.8 Å². The lowest BCUT2D eigenvalue weighted by Gasteiger charge is -2.71. The smallest absolute Gasteiger partial charge is 0.312 e. The van der Waals surface area contributed by atoms with E-state index in [0.29, 0.717) is 24.4 Å². The van der Waals surface area contributed by atoms with E-state index < -0.39 is 0 Å². The van der Waals surface area contributed by atoms with E-state index in [4.69, 9.17) is 4.74 Å². The summed E-state index contributed by atoms with van der Waals surface area (Å²) in [5.41, 5.74) is 2.19. The molecule has 1 N–H and O–H groups in total. The third-order valence-electron chi connectivity index (χ3n) is 13.3. The normalized spacial score (nSPS) is 50.0. The summed E-state index contributed by atoms with van der Waals surface area (Å²) in [5.74, 6) is 1.61. The number of carbonyl (C=O) groups excluding carboxylic acids is 1. The Balaban J connectivity index is 1.59. The first-order valence-corrected chi connectivity index (χ1v) is 14.7. The van der Waals surface area contributed by atoms with Crippen molar-refractivity contribution in [1.29, 1.82) is 0 Å². The van der Waals surface area contributed by atoms with Crippen molar-refractivity contribution in [3.05, 3.63) is 11.6 Å². The molecular weight excluding hydrogens is 432 g/mol. The fourth-order valence-corrected chi connectivity index (χ4v) is 10.9. The molecule has 5 aliphatic carbocycles. The number of carbonyl (C=O) groups is 1. The van der Waals surface area contributed by atoms with Crippen LogP contribution in [-0.4, -0.2) is 23.8 Å². The Morgan fingerprint density at radius 3 is 2.31 bits per heavy atom. The zero-order chi connectivity index (χ0) is 25.7. The Hall–Kier alpha value is -0.830. The molecule has 5 rings (SSSR count). The summed E-state index contributed by atoms with van der Waals surface area (Å²) in [5, 5.41) is 10.9. The Bertz CT molecular complexity index is 916. The molecule has 35 heavy (non-hydrogen) atoms. The molecule has 198 valence electrons. The molecule has 4 saturated carbocycles. The Morgan fingerprint density at radius 2 is 1.63 bits per heavy atom. The monoisotopic (exact) mass is 484 g/mol. The van der Waals surface area contributed by atoms with Crippen molar-refractivity contribution >= 4 is 5.97 Å². The lowest BCUT2D eigenvalue weighted by Crippen LogP contribution is -2.65. The minimum absolute atomic E-state index is 0.0156. The summed E-state index contributed by atoms with van der Waals surface area (Å²) in [4.78, 5) is 13.6. The Kier molecular flexibility index (Phi) is 5.78. The van der Waals surface area contributed by atoms with E-state index in [0.717, 1.165) is 51.4 Å². The molecule has 3 heteroatoms. The highest BCUT2D eigenvalue weighted by Gasteiger charge is 2.69.